The molecule has 3 N–H and O–H groups in total. The lowest BCUT2D eigenvalue weighted by Crippen LogP contribution is -2.08. The van der Waals surface area contributed by atoms with Gasteiger partial charge in [-0.2, -0.15) is 11.3 Å². The number of rotatable bonds is 4. The second-order valence-corrected chi connectivity index (χ2v) is 4.54. The zero-order valence-electron chi connectivity index (χ0n) is 9.23. The largest absolute Gasteiger partial charge is 0.396 e. The molecule has 0 fully saturated rings. The van der Waals surface area contributed by atoms with E-state index in [9.17, 15) is 0 Å². The van der Waals surface area contributed by atoms with Crippen molar-refractivity contribution in [3.8, 4) is 0 Å². The summed E-state index contributed by atoms with van der Waals surface area (Å²) in [5.41, 5.74) is 9.01. The highest BCUT2D eigenvalue weighted by molar-refractivity contribution is 7.07. The number of thiophene rings is 1. The fourth-order valence-corrected chi connectivity index (χ4v) is 2.20. The third kappa shape index (κ3) is 2.73. The summed E-state index contributed by atoms with van der Waals surface area (Å²) in [5.74, 6) is 0.779. The Morgan fingerprint density at radius 3 is 3.06 bits per heavy atom. The van der Waals surface area contributed by atoms with E-state index < -0.39 is 0 Å². The Labute approximate surface area is 99.3 Å². The lowest BCUT2D eigenvalue weighted by Gasteiger charge is -2.07. The molecule has 0 radical (unpaired) electrons. The van der Waals surface area contributed by atoms with Crippen molar-refractivity contribution in [2.24, 2.45) is 0 Å². The van der Waals surface area contributed by atoms with E-state index in [1.165, 1.54) is 5.56 Å². The van der Waals surface area contributed by atoms with Gasteiger partial charge in [0.2, 0.25) is 0 Å². The molecule has 0 aliphatic heterocycles. The van der Waals surface area contributed by atoms with Gasteiger partial charge in [-0.05, 0) is 47.4 Å². The van der Waals surface area contributed by atoms with E-state index in [0.29, 0.717) is 5.69 Å². The zero-order valence-corrected chi connectivity index (χ0v) is 10.1. The molecule has 2 aromatic heterocycles. The fraction of sp³-hybridized carbons (Fsp3) is 0.250. The van der Waals surface area contributed by atoms with Crippen LogP contribution in [-0.4, -0.2) is 11.5 Å². The molecule has 0 saturated heterocycles. The molecule has 0 aromatic carbocycles. The minimum Gasteiger partial charge on any atom is -0.396 e. The van der Waals surface area contributed by atoms with E-state index >= 15 is 0 Å². The molecule has 0 amide bonds. The molecule has 3 nitrogen and oxygen atoms in total. The minimum absolute atomic E-state index is 0.713. The molecule has 2 aromatic rings. The van der Waals surface area contributed by atoms with E-state index in [-0.39, 0.29) is 0 Å². The molecule has 0 unspecified atom stereocenters. The first-order valence-electron chi connectivity index (χ1n) is 5.23. The maximum absolute atomic E-state index is 5.86. The van der Waals surface area contributed by atoms with Crippen molar-refractivity contribution in [3.63, 3.8) is 0 Å². The van der Waals surface area contributed by atoms with Crippen molar-refractivity contribution >= 4 is 22.8 Å². The molecule has 0 saturated carbocycles. The highest BCUT2D eigenvalue weighted by Crippen LogP contribution is 2.15. The summed E-state index contributed by atoms with van der Waals surface area (Å²) in [6, 6.07) is 4.07. The second kappa shape index (κ2) is 4.99. The van der Waals surface area contributed by atoms with Crippen LogP contribution in [0.25, 0.3) is 0 Å². The quantitative estimate of drug-likeness (QED) is 0.853. The molecule has 0 spiro atoms. The van der Waals surface area contributed by atoms with E-state index in [0.717, 1.165) is 24.3 Å². The maximum atomic E-state index is 5.86. The molecule has 0 aliphatic carbocycles. The fourth-order valence-electron chi connectivity index (χ4n) is 1.50. The summed E-state index contributed by atoms with van der Waals surface area (Å²) in [7, 11) is 0. The van der Waals surface area contributed by atoms with E-state index in [1.807, 2.05) is 19.2 Å². The van der Waals surface area contributed by atoms with Gasteiger partial charge >= 0.3 is 0 Å². The number of nitrogens with one attached hydrogen (secondary N) is 1. The van der Waals surface area contributed by atoms with Crippen LogP contribution in [0.2, 0.25) is 0 Å². The zero-order chi connectivity index (χ0) is 11.4. The third-order valence-corrected chi connectivity index (χ3v) is 3.07. The molecular weight excluding hydrogens is 218 g/mol. The van der Waals surface area contributed by atoms with Gasteiger partial charge in [0.1, 0.15) is 5.82 Å². The number of nitrogen functional groups attached to an aromatic ring is 1. The smallest absolute Gasteiger partial charge is 0.149 e. The van der Waals surface area contributed by atoms with Crippen LogP contribution in [0.5, 0.6) is 0 Å². The van der Waals surface area contributed by atoms with Crippen LogP contribution in [0, 0.1) is 6.92 Å². The number of aryl methyl sites for hydroxylation is 1. The highest BCUT2D eigenvalue weighted by atomic mass is 32.1. The second-order valence-electron chi connectivity index (χ2n) is 3.76. The first-order chi connectivity index (χ1) is 7.75. The van der Waals surface area contributed by atoms with Crippen LogP contribution >= 0.6 is 11.3 Å². The molecule has 2 rings (SSSR count). The van der Waals surface area contributed by atoms with Crippen molar-refractivity contribution in [3.05, 3.63) is 40.2 Å². The Morgan fingerprint density at radius 1 is 1.50 bits per heavy atom. The number of hydrogen-bond acceptors (Lipinski definition) is 4. The van der Waals surface area contributed by atoms with E-state index in [4.69, 9.17) is 5.73 Å². The predicted molar refractivity (Wildman–Crippen MR) is 69.9 cm³/mol. The Balaban J connectivity index is 1.90. The topological polar surface area (TPSA) is 50.9 Å². The predicted octanol–water partition coefficient (Wildman–Crippen LogP) is 2.69. The van der Waals surface area contributed by atoms with Crippen LogP contribution in [0.15, 0.2) is 29.1 Å². The Kier molecular flexibility index (Phi) is 3.41. The van der Waals surface area contributed by atoms with Gasteiger partial charge in [-0.15, -0.1) is 0 Å². The Hall–Kier alpha value is -1.55. The van der Waals surface area contributed by atoms with Crippen LogP contribution in [-0.2, 0) is 6.42 Å². The Morgan fingerprint density at radius 2 is 2.38 bits per heavy atom. The summed E-state index contributed by atoms with van der Waals surface area (Å²) in [6.07, 6.45) is 2.82. The minimum atomic E-state index is 0.713. The van der Waals surface area contributed by atoms with Gasteiger partial charge in [-0.1, -0.05) is 0 Å². The standard InChI is InChI=1S/C12H15N3S/c1-9-6-11(13)12(15-7-9)14-4-2-10-3-5-16-8-10/h3,5-8H,2,4,13H2,1H3,(H,14,15). The summed E-state index contributed by atoms with van der Waals surface area (Å²) < 4.78 is 0. The van der Waals surface area contributed by atoms with Crippen molar-refractivity contribution in [1.82, 2.24) is 4.98 Å². The lowest BCUT2D eigenvalue weighted by molar-refractivity contribution is 1.01. The SMILES string of the molecule is Cc1cnc(NCCc2ccsc2)c(N)c1. The van der Waals surface area contributed by atoms with Crippen LogP contribution in [0.3, 0.4) is 0 Å². The highest BCUT2D eigenvalue weighted by Gasteiger charge is 2.00. The van der Waals surface area contributed by atoms with Gasteiger partial charge in [-0.25, -0.2) is 4.98 Å². The molecule has 0 bridgehead atoms. The van der Waals surface area contributed by atoms with Crippen molar-refractivity contribution in [2.75, 3.05) is 17.6 Å². The van der Waals surface area contributed by atoms with Gasteiger partial charge in [-0.3, -0.25) is 0 Å². The van der Waals surface area contributed by atoms with Gasteiger partial charge in [0.05, 0.1) is 5.69 Å². The third-order valence-electron chi connectivity index (χ3n) is 2.34. The number of pyridine rings is 1. The van der Waals surface area contributed by atoms with Gasteiger partial charge in [0.25, 0.3) is 0 Å². The number of anilines is 2. The van der Waals surface area contributed by atoms with Gasteiger partial charge < -0.3 is 11.1 Å². The van der Waals surface area contributed by atoms with E-state index in [1.54, 1.807) is 11.3 Å². The molecule has 2 heterocycles. The number of nitrogens with two attached hydrogens (primary N) is 1. The summed E-state index contributed by atoms with van der Waals surface area (Å²) >= 11 is 1.72. The lowest BCUT2D eigenvalue weighted by atomic mass is 10.2. The Bertz CT molecular complexity index is 451. The van der Waals surface area contributed by atoms with Crippen LogP contribution in [0.1, 0.15) is 11.1 Å². The van der Waals surface area contributed by atoms with Crippen molar-refractivity contribution in [2.45, 2.75) is 13.3 Å². The number of hydrogen-bond donors (Lipinski definition) is 2. The number of aromatic nitrogens is 1. The average molecular weight is 233 g/mol. The summed E-state index contributed by atoms with van der Waals surface area (Å²) in [5, 5.41) is 7.50. The monoisotopic (exact) mass is 233 g/mol. The van der Waals surface area contributed by atoms with Gasteiger partial charge in [0, 0.05) is 12.7 Å². The van der Waals surface area contributed by atoms with Crippen molar-refractivity contribution in [1.29, 1.82) is 0 Å². The molecule has 16 heavy (non-hydrogen) atoms. The molecule has 0 aliphatic rings. The normalized spacial score (nSPS) is 10.3. The number of nitrogens with zero attached hydrogens (tertiary/aromatic N) is 1. The van der Waals surface area contributed by atoms with Crippen molar-refractivity contribution < 1.29 is 0 Å². The maximum Gasteiger partial charge on any atom is 0.149 e. The first kappa shape index (κ1) is 11.0. The molecule has 84 valence electrons. The molecular formula is C12H15N3S. The summed E-state index contributed by atoms with van der Waals surface area (Å²) in [6.45, 7) is 2.84. The van der Waals surface area contributed by atoms with E-state index in [2.05, 4.69) is 27.1 Å². The average Bonchev–Trinajstić information content (AvgIpc) is 2.74. The molecule has 0 atom stereocenters. The first-order valence-corrected chi connectivity index (χ1v) is 6.17. The summed E-state index contributed by atoms with van der Waals surface area (Å²) in [4.78, 5) is 4.26. The molecule has 4 heteroatoms. The van der Waals surface area contributed by atoms with Crippen LogP contribution < -0.4 is 11.1 Å². The van der Waals surface area contributed by atoms with Gasteiger partial charge in [0.15, 0.2) is 0 Å². The van der Waals surface area contributed by atoms with Crippen LogP contribution in [0.4, 0.5) is 11.5 Å².